The second-order valence-electron chi connectivity index (χ2n) is 8.73. The number of hydrogen-bond acceptors (Lipinski definition) is 6. The van der Waals surface area contributed by atoms with E-state index >= 15 is 0 Å². The topological polar surface area (TPSA) is 86.3 Å². The first-order valence-electron chi connectivity index (χ1n) is 11.6. The second-order valence-corrected chi connectivity index (χ2v) is 8.73. The summed E-state index contributed by atoms with van der Waals surface area (Å²) in [5.74, 6) is 1.37. The molecule has 35 heavy (non-hydrogen) atoms. The molecule has 0 atom stereocenters. The van der Waals surface area contributed by atoms with Crippen LogP contribution in [0.2, 0.25) is 0 Å². The van der Waals surface area contributed by atoms with Crippen molar-refractivity contribution in [3.05, 3.63) is 65.7 Å². The zero-order valence-electron chi connectivity index (χ0n) is 20.5. The molecule has 1 aliphatic heterocycles. The molecule has 0 fully saturated rings. The number of fused-ring (bicyclic) bond motifs is 1. The van der Waals surface area contributed by atoms with Gasteiger partial charge in [0.15, 0.2) is 11.5 Å². The number of anilines is 1. The van der Waals surface area contributed by atoms with Crippen molar-refractivity contribution < 1.29 is 28.8 Å². The van der Waals surface area contributed by atoms with Crippen molar-refractivity contribution in [2.75, 3.05) is 26.1 Å². The highest BCUT2D eigenvalue weighted by Crippen LogP contribution is 2.42. The van der Waals surface area contributed by atoms with E-state index in [9.17, 15) is 4.79 Å². The lowest BCUT2D eigenvalue weighted by Crippen LogP contribution is -2.35. The van der Waals surface area contributed by atoms with E-state index in [1.807, 2.05) is 62.4 Å². The summed E-state index contributed by atoms with van der Waals surface area (Å²) in [7, 11) is 3.30. The molecule has 184 valence electrons. The summed E-state index contributed by atoms with van der Waals surface area (Å²) in [6.45, 7) is 4.25. The van der Waals surface area contributed by atoms with Crippen LogP contribution < -0.4 is 24.3 Å². The number of nitrogens with one attached hydrogen (secondary N) is 1. The van der Waals surface area contributed by atoms with E-state index in [4.69, 9.17) is 24.1 Å². The molecule has 0 saturated carbocycles. The summed E-state index contributed by atoms with van der Waals surface area (Å²) >= 11 is 0. The van der Waals surface area contributed by atoms with Crippen LogP contribution in [0.4, 0.5) is 5.69 Å². The number of hydrogen-bond donors (Lipinski definition) is 2. The lowest BCUT2D eigenvalue weighted by atomic mass is 9.93. The van der Waals surface area contributed by atoms with Crippen molar-refractivity contribution in [2.45, 2.75) is 38.9 Å². The number of benzene rings is 3. The van der Waals surface area contributed by atoms with Crippen LogP contribution in [0.3, 0.4) is 0 Å². The lowest BCUT2D eigenvalue weighted by molar-refractivity contribution is -0.136. The van der Waals surface area contributed by atoms with Crippen molar-refractivity contribution in [3.8, 4) is 34.1 Å². The molecule has 0 amide bonds. The molecular formula is C28H31NO6. The Bertz CT molecular complexity index is 1170. The van der Waals surface area contributed by atoms with Gasteiger partial charge in [0.05, 0.1) is 20.6 Å². The Morgan fingerprint density at radius 3 is 2.20 bits per heavy atom. The predicted octanol–water partition coefficient (Wildman–Crippen LogP) is 5.69. The molecule has 3 aromatic carbocycles. The molecule has 0 unspecified atom stereocenters. The smallest absolute Gasteiger partial charge is 0.305 e. The van der Waals surface area contributed by atoms with Gasteiger partial charge in [0.25, 0.3) is 0 Å². The van der Waals surface area contributed by atoms with Gasteiger partial charge in [-0.2, -0.15) is 0 Å². The number of ether oxygens (including phenoxy) is 4. The molecule has 4 rings (SSSR count). The number of methoxy groups -OCH3 is 2. The van der Waals surface area contributed by atoms with E-state index in [0.717, 1.165) is 50.9 Å². The maximum atomic E-state index is 10.9. The first kappa shape index (κ1) is 24.3. The summed E-state index contributed by atoms with van der Waals surface area (Å²) in [6, 6.07) is 17.7. The van der Waals surface area contributed by atoms with Crippen LogP contribution in [0.15, 0.2) is 54.6 Å². The average molecular weight is 478 g/mol. The third kappa shape index (κ3) is 5.45. The van der Waals surface area contributed by atoms with Gasteiger partial charge in [-0.15, -0.1) is 0 Å². The Morgan fingerprint density at radius 1 is 1.00 bits per heavy atom. The molecule has 7 heteroatoms. The Morgan fingerprint density at radius 2 is 1.63 bits per heavy atom. The fourth-order valence-electron chi connectivity index (χ4n) is 4.32. The van der Waals surface area contributed by atoms with Gasteiger partial charge >= 0.3 is 5.97 Å². The van der Waals surface area contributed by atoms with Crippen molar-refractivity contribution in [1.82, 2.24) is 0 Å². The first-order valence-corrected chi connectivity index (χ1v) is 11.6. The normalized spacial score (nSPS) is 13.4. The zero-order valence-corrected chi connectivity index (χ0v) is 20.5. The van der Waals surface area contributed by atoms with E-state index < -0.39 is 11.8 Å². The van der Waals surface area contributed by atoms with Crippen molar-refractivity contribution in [1.29, 1.82) is 0 Å². The molecule has 0 aromatic heterocycles. The zero-order chi connectivity index (χ0) is 25.0. The van der Waals surface area contributed by atoms with E-state index in [-0.39, 0.29) is 6.42 Å². The maximum Gasteiger partial charge on any atom is 0.305 e. The minimum absolute atomic E-state index is 0.0431. The van der Waals surface area contributed by atoms with Crippen LogP contribution >= 0.6 is 0 Å². The van der Waals surface area contributed by atoms with E-state index in [1.54, 1.807) is 14.2 Å². The third-order valence-electron chi connectivity index (χ3n) is 6.19. The molecule has 1 heterocycles. The number of carbonyl (C=O) groups is 1. The average Bonchev–Trinajstić information content (AvgIpc) is 3.19. The van der Waals surface area contributed by atoms with Crippen LogP contribution in [-0.4, -0.2) is 37.6 Å². The minimum atomic E-state index is -0.837. The van der Waals surface area contributed by atoms with Crippen molar-refractivity contribution in [3.63, 3.8) is 0 Å². The summed E-state index contributed by atoms with van der Waals surface area (Å²) < 4.78 is 23.4. The summed E-state index contributed by atoms with van der Waals surface area (Å²) in [4.78, 5) is 10.9. The first-order chi connectivity index (χ1) is 16.8. The number of carboxylic acids is 1. The van der Waals surface area contributed by atoms with Gasteiger partial charge < -0.3 is 29.4 Å². The number of para-hydroxylation sites is 2. The molecule has 1 aliphatic rings. The van der Waals surface area contributed by atoms with Crippen molar-refractivity contribution >= 4 is 11.7 Å². The van der Waals surface area contributed by atoms with Gasteiger partial charge in [-0.25, -0.2) is 0 Å². The number of aryl methyl sites for hydroxylation is 1. The van der Waals surface area contributed by atoms with Gasteiger partial charge in [-0.3, -0.25) is 4.79 Å². The van der Waals surface area contributed by atoms with Crippen LogP contribution in [0.1, 0.15) is 30.9 Å². The SMILES string of the molecule is COc1cc(-c2ccc(NCCC(=O)O)cc2CCC2(C)Oc3ccccc3O2)cc(OC)c1C. The fraction of sp³-hybridized carbons (Fsp3) is 0.321. The predicted molar refractivity (Wildman–Crippen MR) is 135 cm³/mol. The van der Waals surface area contributed by atoms with E-state index in [2.05, 4.69) is 11.4 Å². The molecule has 2 N–H and O–H groups in total. The molecule has 7 nitrogen and oxygen atoms in total. The highest BCUT2D eigenvalue weighted by molar-refractivity contribution is 5.74. The van der Waals surface area contributed by atoms with Gasteiger partial charge in [0, 0.05) is 31.1 Å². The molecule has 0 spiro atoms. The Balaban J connectivity index is 1.65. The van der Waals surface area contributed by atoms with Crippen LogP contribution in [0.25, 0.3) is 11.1 Å². The van der Waals surface area contributed by atoms with Gasteiger partial charge in [0.2, 0.25) is 5.79 Å². The van der Waals surface area contributed by atoms with Crippen LogP contribution in [0, 0.1) is 6.92 Å². The summed E-state index contributed by atoms with van der Waals surface area (Å²) in [6.07, 6.45) is 1.33. The van der Waals surface area contributed by atoms with Crippen molar-refractivity contribution in [2.24, 2.45) is 0 Å². The largest absolute Gasteiger partial charge is 0.496 e. The van der Waals surface area contributed by atoms with Gasteiger partial charge in [-0.05, 0) is 66.4 Å². The maximum absolute atomic E-state index is 10.9. The number of aliphatic carboxylic acids is 1. The van der Waals surface area contributed by atoms with E-state index in [1.165, 1.54) is 0 Å². The number of rotatable bonds is 10. The van der Waals surface area contributed by atoms with Crippen LogP contribution in [-0.2, 0) is 11.2 Å². The molecule has 3 aromatic rings. The second kappa shape index (κ2) is 10.2. The number of carboxylic acid groups (broad SMARTS) is 1. The quantitative estimate of drug-likeness (QED) is 0.388. The molecule has 0 radical (unpaired) electrons. The Hall–Kier alpha value is -3.87. The lowest BCUT2D eigenvalue weighted by Gasteiger charge is -2.24. The third-order valence-corrected chi connectivity index (χ3v) is 6.19. The highest BCUT2D eigenvalue weighted by Gasteiger charge is 2.36. The standard InChI is InChI=1S/C28H31NO6/c1-18-25(32-3)16-20(17-26(18)33-4)22-10-9-21(29-14-12-27(30)31)15-19(22)11-13-28(2)34-23-7-5-6-8-24(23)35-28/h5-10,15-17,29H,11-14H2,1-4H3,(H,30,31). The van der Waals surface area contributed by atoms with Crippen LogP contribution in [0.5, 0.6) is 23.0 Å². The molecule has 0 saturated heterocycles. The molecule has 0 aliphatic carbocycles. The fourth-order valence-corrected chi connectivity index (χ4v) is 4.32. The Kier molecular flexibility index (Phi) is 7.05. The molecule has 0 bridgehead atoms. The highest BCUT2D eigenvalue weighted by atomic mass is 16.7. The monoisotopic (exact) mass is 477 g/mol. The molecular weight excluding hydrogens is 446 g/mol. The van der Waals surface area contributed by atoms with E-state index in [0.29, 0.717) is 19.4 Å². The summed E-state index contributed by atoms with van der Waals surface area (Å²) in [5, 5.41) is 12.2. The summed E-state index contributed by atoms with van der Waals surface area (Å²) in [5.41, 5.74) is 4.87. The minimum Gasteiger partial charge on any atom is -0.496 e. The van der Waals surface area contributed by atoms with Gasteiger partial charge in [0.1, 0.15) is 11.5 Å². The van der Waals surface area contributed by atoms with Gasteiger partial charge in [-0.1, -0.05) is 18.2 Å². The Labute approximate surface area is 205 Å².